The number of esters is 1. The molecule has 0 heterocycles. The molecule has 29 heavy (non-hydrogen) atoms. The number of sulfonamides is 1. The molecule has 0 aromatic heterocycles. The summed E-state index contributed by atoms with van der Waals surface area (Å²) in [6.45, 7) is 2.85. The maximum atomic E-state index is 12.3. The molecule has 10 heteroatoms. The fraction of sp³-hybridized carbons (Fsp3) is 0.263. The summed E-state index contributed by atoms with van der Waals surface area (Å²) in [5, 5.41) is 2.58. The molecule has 0 saturated heterocycles. The quantitative estimate of drug-likeness (QED) is 0.557. The number of ether oxygens (including phenoxy) is 2. The van der Waals surface area contributed by atoms with E-state index in [9.17, 15) is 18.0 Å². The fourth-order valence-electron chi connectivity index (χ4n) is 2.29. The Hall–Kier alpha value is -2.43. The van der Waals surface area contributed by atoms with E-state index in [1.165, 1.54) is 25.3 Å². The molecule has 0 unspecified atom stereocenters. The van der Waals surface area contributed by atoms with Gasteiger partial charge in [0.1, 0.15) is 5.75 Å². The van der Waals surface area contributed by atoms with Crippen molar-refractivity contribution >= 4 is 43.5 Å². The number of carbonyl (C=O) groups excluding carboxylic acids is 2. The van der Waals surface area contributed by atoms with Crippen LogP contribution in [0.1, 0.15) is 24.2 Å². The van der Waals surface area contributed by atoms with E-state index in [-0.39, 0.29) is 16.5 Å². The Kier molecular flexibility index (Phi) is 7.77. The topological polar surface area (TPSA) is 111 Å². The van der Waals surface area contributed by atoms with E-state index >= 15 is 0 Å². The molecule has 0 atom stereocenters. The molecule has 2 aromatic carbocycles. The third-order valence-electron chi connectivity index (χ3n) is 3.57. The average Bonchev–Trinajstić information content (AvgIpc) is 2.66. The molecule has 1 amide bonds. The standard InChI is InChI=1S/C19H21BrN2O6S/c1-12(2)22-29(25,26)15-8-9-17(20)16(10-15)19(24)28-11-18(23)21-13-4-6-14(27-3)7-5-13/h4-10,12,22H,11H2,1-3H3,(H,21,23). The van der Waals surface area contributed by atoms with Crippen molar-refractivity contribution in [3.63, 3.8) is 0 Å². The molecular weight excluding hydrogens is 464 g/mol. The minimum absolute atomic E-state index is 0.00567. The molecule has 0 aliphatic rings. The first-order valence-corrected chi connectivity index (χ1v) is 10.8. The Labute approximate surface area is 177 Å². The van der Waals surface area contributed by atoms with Crippen LogP contribution in [-0.2, 0) is 19.6 Å². The molecule has 0 spiro atoms. The van der Waals surface area contributed by atoms with E-state index in [0.29, 0.717) is 15.9 Å². The van der Waals surface area contributed by atoms with Gasteiger partial charge in [0.25, 0.3) is 5.91 Å². The molecule has 8 nitrogen and oxygen atoms in total. The predicted octanol–water partition coefficient (Wildman–Crippen LogP) is 2.94. The van der Waals surface area contributed by atoms with E-state index in [0.717, 1.165) is 0 Å². The van der Waals surface area contributed by atoms with Gasteiger partial charge in [-0.1, -0.05) is 0 Å². The molecule has 0 radical (unpaired) electrons. The lowest BCUT2D eigenvalue weighted by atomic mass is 10.2. The van der Waals surface area contributed by atoms with Crippen LogP contribution >= 0.6 is 15.9 Å². The van der Waals surface area contributed by atoms with Crippen LogP contribution < -0.4 is 14.8 Å². The molecule has 0 aliphatic heterocycles. The van der Waals surface area contributed by atoms with Gasteiger partial charge < -0.3 is 14.8 Å². The number of anilines is 1. The van der Waals surface area contributed by atoms with Crippen molar-refractivity contribution in [3.05, 3.63) is 52.5 Å². The number of methoxy groups -OCH3 is 1. The van der Waals surface area contributed by atoms with Gasteiger partial charge in [0, 0.05) is 16.2 Å². The molecule has 156 valence electrons. The Morgan fingerprint density at radius 1 is 1.10 bits per heavy atom. The van der Waals surface area contributed by atoms with Crippen LogP contribution in [0.25, 0.3) is 0 Å². The number of nitrogens with one attached hydrogen (secondary N) is 2. The van der Waals surface area contributed by atoms with Crippen LogP contribution in [0.5, 0.6) is 5.75 Å². The highest BCUT2D eigenvalue weighted by Gasteiger charge is 2.20. The first kappa shape index (κ1) is 22.9. The highest BCUT2D eigenvalue weighted by atomic mass is 79.9. The molecular formula is C19H21BrN2O6S. The van der Waals surface area contributed by atoms with E-state index in [4.69, 9.17) is 9.47 Å². The summed E-state index contributed by atoms with van der Waals surface area (Å²) >= 11 is 3.19. The summed E-state index contributed by atoms with van der Waals surface area (Å²) in [5.41, 5.74) is 0.509. The number of amides is 1. The van der Waals surface area contributed by atoms with Gasteiger partial charge in [-0.25, -0.2) is 17.9 Å². The van der Waals surface area contributed by atoms with Crippen molar-refractivity contribution in [1.29, 1.82) is 0 Å². The first-order valence-electron chi connectivity index (χ1n) is 8.55. The van der Waals surface area contributed by atoms with Gasteiger partial charge in [-0.3, -0.25) is 4.79 Å². The monoisotopic (exact) mass is 484 g/mol. The molecule has 0 aliphatic carbocycles. The van der Waals surface area contributed by atoms with Crippen molar-refractivity contribution in [2.24, 2.45) is 0 Å². The van der Waals surface area contributed by atoms with Gasteiger partial charge in [0.05, 0.1) is 17.6 Å². The summed E-state index contributed by atoms with van der Waals surface area (Å²) in [5.74, 6) is -0.727. The van der Waals surface area contributed by atoms with Crippen molar-refractivity contribution in [3.8, 4) is 5.75 Å². The van der Waals surface area contributed by atoms with Crippen LogP contribution in [-0.4, -0.2) is 40.1 Å². The molecule has 2 rings (SSSR count). The zero-order valence-electron chi connectivity index (χ0n) is 16.1. The summed E-state index contributed by atoms with van der Waals surface area (Å²) in [4.78, 5) is 24.3. The maximum Gasteiger partial charge on any atom is 0.339 e. The first-order chi connectivity index (χ1) is 13.6. The van der Waals surface area contributed by atoms with Gasteiger partial charge in [-0.2, -0.15) is 0 Å². The van der Waals surface area contributed by atoms with Crippen molar-refractivity contribution in [2.45, 2.75) is 24.8 Å². The zero-order chi connectivity index (χ0) is 21.6. The van der Waals surface area contributed by atoms with Crippen molar-refractivity contribution in [1.82, 2.24) is 4.72 Å². The fourth-order valence-corrected chi connectivity index (χ4v) is 3.97. The molecule has 0 fully saturated rings. The lowest BCUT2D eigenvalue weighted by molar-refractivity contribution is -0.119. The minimum atomic E-state index is -3.78. The summed E-state index contributed by atoms with van der Waals surface area (Å²) in [7, 11) is -2.25. The summed E-state index contributed by atoms with van der Waals surface area (Å²) in [6, 6.07) is 10.3. The molecule has 0 saturated carbocycles. The minimum Gasteiger partial charge on any atom is -0.497 e. The van der Waals surface area contributed by atoms with Gasteiger partial charge in [0.2, 0.25) is 10.0 Å². The van der Waals surface area contributed by atoms with Crippen molar-refractivity contribution < 1.29 is 27.5 Å². The highest BCUT2D eigenvalue weighted by Crippen LogP contribution is 2.22. The highest BCUT2D eigenvalue weighted by molar-refractivity contribution is 9.10. The third-order valence-corrected chi connectivity index (χ3v) is 5.91. The number of halogens is 1. The second kappa shape index (κ2) is 9.86. The van der Waals surface area contributed by atoms with Crippen LogP contribution in [0.2, 0.25) is 0 Å². The number of hydrogen-bond acceptors (Lipinski definition) is 6. The van der Waals surface area contributed by atoms with Crippen LogP contribution in [0, 0.1) is 0 Å². The van der Waals surface area contributed by atoms with E-state index < -0.39 is 28.5 Å². The average molecular weight is 485 g/mol. The normalized spacial score (nSPS) is 11.2. The Bertz CT molecular complexity index is 990. The van der Waals surface area contributed by atoms with Gasteiger partial charge in [-0.15, -0.1) is 0 Å². The third kappa shape index (κ3) is 6.55. The van der Waals surface area contributed by atoms with Crippen LogP contribution in [0.4, 0.5) is 5.69 Å². The Balaban J connectivity index is 2.04. The van der Waals surface area contributed by atoms with Gasteiger partial charge >= 0.3 is 5.97 Å². The molecule has 0 bridgehead atoms. The number of benzene rings is 2. The van der Waals surface area contributed by atoms with Gasteiger partial charge in [0.15, 0.2) is 6.61 Å². The van der Waals surface area contributed by atoms with E-state index in [1.807, 2.05) is 0 Å². The van der Waals surface area contributed by atoms with E-state index in [1.54, 1.807) is 38.1 Å². The number of carbonyl (C=O) groups is 2. The lowest BCUT2D eigenvalue weighted by Gasteiger charge is -2.12. The Morgan fingerprint density at radius 3 is 2.34 bits per heavy atom. The smallest absolute Gasteiger partial charge is 0.339 e. The molecule has 2 N–H and O–H groups in total. The lowest BCUT2D eigenvalue weighted by Crippen LogP contribution is -2.30. The SMILES string of the molecule is COc1ccc(NC(=O)COC(=O)c2cc(S(=O)(=O)NC(C)C)ccc2Br)cc1. The van der Waals surface area contributed by atoms with Crippen LogP contribution in [0.3, 0.4) is 0 Å². The van der Waals surface area contributed by atoms with Crippen LogP contribution in [0.15, 0.2) is 51.8 Å². The summed E-state index contributed by atoms with van der Waals surface area (Å²) < 4.78 is 37.4. The molecule has 2 aromatic rings. The second-order valence-electron chi connectivity index (χ2n) is 6.27. The summed E-state index contributed by atoms with van der Waals surface area (Å²) in [6.07, 6.45) is 0. The van der Waals surface area contributed by atoms with Gasteiger partial charge in [-0.05, 0) is 72.2 Å². The largest absolute Gasteiger partial charge is 0.497 e. The zero-order valence-corrected chi connectivity index (χ0v) is 18.5. The van der Waals surface area contributed by atoms with Crippen molar-refractivity contribution in [2.75, 3.05) is 19.0 Å². The number of hydrogen-bond donors (Lipinski definition) is 2. The second-order valence-corrected chi connectivity index (χ2v) is 8.84. The predicted molar refractivity (Wildman–Crippen MR) is 112 cm³/mol. The maximum absolute atomic E-state index is 12.3. The van der Waals surface area contributed by atoms with E-state index in [2.05, 4.69) is 26.0 Å². The number of rotatable bonds is 8. The Morgan fingerprint density at radius 2 is 1.76 bits per heavy atom.